The van der Waals surface area contributed by atoms with Gasteiger partial charge in [-0.3, -0.25) is 9.59 Å². The summed E-state index contributed by atoms with van der Waals surface area (Å²) in [6, 6.07) is 21.2. The highest BCUT2D eigenvalue weighted by Gasteiger charge is 2.29. The number of nitrogens with zero attached hydrogens (tertiary/aromatic N) is 2. The summed E-state index contributed by atoms with van der Waals surface area (Å²) in [5.41, 5.74) is 2.95. The van der Waals surface area contributed by atoms with Crippen molar-refractivity contribution < 1.29 is 9.59 Å². The van der Waals surface area contributed by atoms with E-state index in [0.29, 0.717) is 27.9 Å². The number of carbonyl (C=O) groups is 2. The van der Waals surface area contributed by atoms with Gasteiger partial charge in [0.1, 0.15) is 0 Å². The van der Waals surface area contributed by atoms with E-state index in [2.05, 4.69) is 10.2 Å². The van der Waals surface area contributed by atoms with Gasteiger partial charge in [-0.25, -0.2) is 0 Å². The first-order chi connectivity index (χ1) is 11.7. The van der Waals surface area contributed by atoms with E-state index in [0.717, 1.165) is 5.69 Å². The molecule has 3 aromatic carbocycles. The van der Waals surface area contributed by atoms with Crippen LogP contribution in [0, 0.1) is 0 Å². The van der Waals surface area contributed by atoms with Gasteiger partial charge in [-0.2, -0.15) is 10.2 Å². The predicted octanol–water partition coefficient (Wildman–Crippen LogP) is 4.88. The molecule has 0 saturated heterocycles. The minimum absolute atomic E-state index is 0.133. The second kappa shape index (κ2) is 5.66. The zero-order valence-corrected chi connectivity index (χ0v) is 12.6. The SMILES string of the molecule is O=C1c2ccccc2C(=O)c2cc(N=Nc3ccccc3)ccc21. The third kappa shape index (κ3) is 2.34. The summed E-state index contributed by atoms with van der Waals surface area (Å²) in [5.74, 6) is -0.288. The maximum absolute atomic E-state index is 12.7. The molecule has 114 valence electrons. The van der Waals surface area contributed by atoms with E-state index in [1.165, 1.54) is 0 Å². The minimum Gasteiger partial charge on any atom is -0.289 e. The van der Waals surface area contributed by atoms with Crippen molar-refractivity contribution in [3.8, 4) is 0 Å². The maximum Gasteiger partial charge on any atom is 0.194 e. The third-order valence-electron chi connectivity index (χ3n) is 3.95. The van der Waals surface area contributed by atoms with Crippen molar-refractivity contribution in [2.75, 3.05) is 0 Å². The van der Waals surface area contributed by atoms with E-state index < -0.39 is 0 Å². The highest BCUT2D eigenvalue weighted by Crippen LogP contribution is 2.30. The van der Waals surface area contributed by atoms with Crippen LogP contribution in [0.25, 0.3) is 0 Å². The fourth-order valence-corrected chi connectivity index (χ4v) is 2.76. The predicted molar refractivity (Wildman–Crippen MR) is 90.4 cm³/mol. The van der Waals surface area contributed by atoms with E-state index in [9.17, 15) is 9.59 Å². The summed E-state index contributed by atoms with van der Waals surface area (Å²) in [4.78, 5) is 25.2. The Morgan fingerprint density at radius 2 is 1.04 bits per heavy atom. The molecule has 0 atom stereocenters. The van der Waals surface area contributed by atoms with Crippen molar-refractivity contribution in [2.24, 2.45) is 10.2 Å². The number of fused-ring (bicyclic) bond motifs is 2. The normalized spacial score (nSPS) is 13.0. The van der Waals surface area contributed by atoms with Gasteiger partial charge in [0, 0.05) is 22.3 Å². The lowest BCUT2D eigenvalue weighted by atomic mass is 9.84. The molecule has 3 aromatic rings. The monoisotopic (exact) mass is 312 g/mol. The molecule has 4 rings (SSSR count). The average molecular weight is 312 g/mol. The smallest absolute Gasteiger partial charge is 0.194 e. The van der Waals surface area contributed by atoms with Crippen molar-refractivity contribution in [1.82, 2.24) is 0 Å². The lowest BCUT2D eigenvalue weighted by Crippen LogP contribution is -2.20. The van der Waals surface area contributed by atoms with Crippen molar-refractivity contribution in [1.29, 1.82) is 0 Å². The van der Waals surface area contributed by atoms with E-state index in [1.54, 1.807) is 42.5 Å². The van der Waals surface area contributed by atoms with Gasteiger partial charge >= 0.3 is 0 Å². The Labute approximate surface area is 138 Å². The molecule has 0 radical (unpaired) electrons. The lowest BCUT2D eigenvalue weighted by Gasteiger charge is -2.17. The fraction of sp³-hybridized carbons (Fsp3) is 0. The minimum atomic E-state index is -0.156. The first-order valence-corrected chi connectivity index (χ1v) is 7.53. The number of hydrogen-bond donors (Lipinski definition) is 0. The molecule has 0 spiro atoms. The molecule has 0 aromatic heterocycles. The van der Waals surface area contributed by atoms with Gasteiger partial charge in [-0.1, -0.05) is 42.5 Å². The molecule has 0 fully saturated rings. The Balaban J connectivity index is 1.75. The summed E-state index contributed by atoms with van der Waals surface area (Å²) in [7, 11) is 0. The largest absolute Gasteiger partial charge is 0.289 e. The molecule has 24 heavy (non-hydrogen) atoms. The zero-order valence-electron chi connectivity index (χ0n) is 12.6. The maximum atomic E-state index is 12.7. The van der Waals surface area contributed by atoms with Crippen LogP contribution >= 0.6 is 0 Å². The summed E-state index contributed by atoms with van der Waals surface area (Å²) in [6.07, 6.45) is 0. The van der Waals surface area contributed by atoms with Gasteiger partial charge in [-0.15, -0.1) is 0 Å². The fourth-order valence-electron chi connectivity index (χ4n) is 2.76. The van der Waals surface area contributed by atoms with Crippen LogP contribution in [0.2, 0.25) is 0 Å². The Hall–Kier alpha value is -3.40. The van der Waals surface area contributed by atoms with E-state index >= 15 is 0 Å². The number of hydrogen-bond acceptors (Lipinski definition) is 4. The van der Waals surface area contributed by atoms with Gasteiger partial charge in [0.2, 0.25) is 0 Å². The summed E-state index contributed by atoms with van der Waals surface area (Å²) >= 11 is 0. The highest BCUT2D eigenvalue weighted by atomic mass is 16.1. The molecule has 4 heteroatoms. The number of benzene rings is 3. The molecule has 4 nitrogen and oxygen atoms in total. The van der Waals surface area contributed by atoms with Crippen LogP contribution in [0.4, 0.5) is 11.4 Å². The van der Waals surface area contributed by atoms with Crippen LogP contribution in [-0.4, -0.2) is 11.6 Å². The summed E-state index contributed by atoms with van der Waals surface area (Å²) < 4.78 is 0. The topological polar surface area (TPSA) is 58.9 Å². The van der Waals surface area contributed by atoms with Gasteiger partial charge < -0.3 is 0 Å². The van der Waals surface area contributed by atoms with Crippen LogP contribution in [0.3, 0.4) is 0 Å². The lowest BCUT2D eigenvalue weighted by molar-refractivity contribution is 0.0979. The summed E-state index contributed by atoms with van der Waals surface area (Å²) in [5, 5.41) is 8.30. The zero-order chi connectivity index (χ0) is 16.5. The third-order valence-corrected chi connectivity index (χ3v) is 3.95. The molecule has 0 amide bonds. The molecule has 1 aliphatic rings. The molecular weight excluding hydrogens is 300 g/mol. The quantitative estimate of drug-likeness (QED) is 0.495. The molecule has 0 saturated carbocycles. The van der Waals surface area contributed by atoms with Crippen LogP contribution in [0.5, 0.6) is 0 Å². The van der Waals surface area contributed by atoms with Crippen LogP contribution in [0.15, 0.2) is 83.0 Å². The first kappa shape index (κ1) is 14.2. The molecule has 1 aliphatic carbocycles. The Bertz CT molecular complexity index is 992. The van der Waals surface area contributed by atoms with Gasteiger partial charge in [0.25, 0.3) is 0 Å². The Morgan fingerprint density at radius 1 is 0.500 bits per heavy atom. The van der Waals surface area contributed by atoms with Crippen LogP contribution in [-0.2, 0) is 0 Å². The second-order valence-corrected chi connectivity index (χ2v) is 5.47. The molecule has 0 heterocycles. The molecular formula is C20H12N2O2. The molecule has 0 N–H and O–H groups in total. The number of ketones is 2. The first-order valence-electron chi connectivity index (χ1n) is 7.53. The van der Waals surface area contributed by atoms with Crippen LogP contribution < -0.4 is 0 Å². The Kier molecular flexibility index (Phi) is 3.35. The van der Waals surface area contributed by atoms with Crippen molar-refractivity contribution in [3.05, 3.63) is 95.1 Å². The number of carbonyl (C=O) groups excluding carboxylic acids is 2. The van der Waals surface area contributed by atoms with Gasteiger partial charge in [0.05, 0.1) is 11.4 Å². The van der Waals surface area contributed by atoms with Crippen molar-refractivity contribution in [2.45, 2.75) is 0 Å². The van der Waals surface area contributed by atoms with E-state index in [1.807, 2.05) is 30.3 Å². The highest BCUT2D eigenvalue weighted by molar-refractivity contribution is 6.28. The average Bonchev–Trinajstić information content (AvgIpc) is 2.65. The number of azo groups is 1. The van der Waals surface area contributed by atoms with Gasteiger partial charge in [-0.05, 0) is 30.3 Å². The molecule has 0 aliphatic heterocycles. The van der Waals surface area contributed by atoms with Crippen LogP contribution in [0.1, 0.15) is 31.8 Å². The summed E-state index contributed by atoms with van der Waals surface area (Å²) in [6.45, 7) is 0. The van der Waals surface area contributed by atoms with Crippen molar-refractivity contribution >= 4 is 22.9 Å². The standard InChI is InChI=1S/C20H12N2O2/c23-19-15-8-4-5-9-16(15)20(24)18-12-14(10-11-17(18)19)22-21-13-6-2-1-3-7-13/h1-12H. The van der Waals surface area contributed by atoms with Gasteiger partial charge in [0.15, 0.2) is 11.6 Å². The van der Waals surface area contributed by atoms with E-state index in [4.69, 9.17) is 0 Å². The molecule has 0 unspecified atom stereocenters. The Morgan fingerprint density at radius 3 is 1.75 bits per heavy atom. The second-order valence-electron chi connectivity index (χ2n) is 5.47. The molecule has 0 bridgehead atoms. The van der Waals surface area contributed by atoms with E-state index in [-0.39, 0.29) is 11.6 Å². The van der Waals surface area contributed by atoms with Crippen molar-refractivity contribution in [3.63, 3.8) is 0 Å². The number of rotatable bonds is 2.